The molecule has 0 aliphatic heterocycles. The summed E-state index contributed by atoms with van der Waals surface area (Å²) in [4.78, 5) is 10.6. The zero-order valence-corrected chi connectivity index (χ0v) is 6.39. The molecule has 0 aliphatic rings. The van der Waals surface area contributed by atoms with Crippen LogP contribution in [0.1, 0.15) is 6.92 Å². The summed E-state index contributed by atoms with van der Waals surface area (Å²) >= 11 is 0. The quantitative estimate of drug-likeness (QED) is 0.540. The lowest BCUT2D eigenvalue weighted by molar-refractivity contribution is -0.126. The Morgan fingerprint density at radius 1 is 1.80 bits per heavy atom. The van der Waals surface area contributed by atoms with E-state index in [0.717, 1.165) is 0 Å². The minimum Gasteiger partial charge on any atom is -0.367 e. The van der Waals surface area contributed by atoms with E-state index in [0.29, 0.717) is 6.54 Å². The number of amides is 1. The third kappa shape index (κ3) is 4.29. The molecule has 60 valence electrons. The van der Waals surface area contributed by atoms with Gasteiger partial charge in [0, 0.05) is 13.6 Å². The third-order valence-electron chi connectivity index (χ3n) is 1.11. The molecule has 0 radical (unpaired) electrons. The predicted octanol–water partition coefficient (Wildman–Crippen LogP) is -0.904. The molecule has 0 fully saturated rings. The SMILES string of the molecule is CNC(=O)COC(C)CN. The summed E-state index contributed by atoms with van der Waals surface area (Å²) in [5, 5.41) is 2.44. The lowest BCUT2D eigenvalue weighted by Crippen LogP contribution is -2.28. The Hall–Kier alpha value is -0.610. The van der Waals surface area contributed by atoms with Crippen LogP contribution in [-0.2, 0) is 9.53 Å². The molecule has 10 heavy (non-hydrogen) atoms. The number of nitrogens with one attached hydrogen (secondary N) is 1. The number of hydrogen-bond donors (Lipinski definition) is 2. The summed E-state index contributed by atoms with van der Waals surface area (Å²) in [5.74, 6) is -0.125. The van der Waals surface area contributed by atoms with E-state index in [1.54, 1.807) is 7.05 Å². The van der Waals surface area contributed by atoms with Gasteiger partial charge < -0.3 is 15.8 Å². The molecule has 1 unspecified atom stereocenters. The molecule has 0 aromatic heterocycles. The Morgan fingerprint density at radius 3 is 2.80 bits per heavy atom. The van der Waals surface area contributed by atoms with Crippen LogP contribution in [0.5, 0.6) is 0 Å². The molecule has 0 spiro atoms. The second kappa shape index (κ2) is 5.20. The minimum absolute atomic E-state index is 0.0442. The highest BCUT2D eigenvalue weighted by Gasteiger charge is 2.01. The zero-order valence-electron chi connectivity index (χ0n) is 6.39. The van der Waals surface area contributed by atoms with E-state index in [2.05, 4.69) is 5.32 Å². The maximum atomic E-state index is 10.6. The fourth-order valence-electron chi connectivity index (χ4n) is 0.358. The molecule has 3 N–H and O–H groups in total. The van der Waals surface area contributed by atoms with Crippen molar-refractivity contribution in [3.8, 4) is 0 Å². The monoisotopic (exact) mass is 146 g/mol. The van der Waals surface area contributed by atoms with Crippen molar-refractivity contribution in [1.82, 2.24) is 5.32 Å². The first kappa shape index (κ1) is 9.39. The van der Waals surface area contributed by atoms with Crippen LogP contribution in [0, 0.1) is 0 Å². The van der Waals surface area contributed by atoms with Crippen molar-refractivity contribution in [1.29, 1.82) is 0 Å². The van der Waals surface area contributed by atoms with Crippen molar-refractivity contribution in [2.24, 2.45) is 5.73 Å². The van der Waals surface area contributed by atoms with Crippen molar-refractivity contribution in [3.63, 3.8) is 0 Å². The average Bonchev–Trinajstić information content (AvgIpc) is 1.99. The Bertz CT molecular complexity index is 106. The topological polar surface area (TPSA) is 64.3 Å². The summed E-state index contributed by atoms with van der Waals surface area (Å²) in [5.41, 5.74) is 5.24. The van der Waals surface area contributed by atoms with E-state index in [-0.39, 0.29) is 18.6 Å². The largest absolute Gasteiger partial charge is 0.367 e. The number of rotatable bonds is 4. The first-order chi connectivity index (χ1) is 4.70. The van der Waals surface area contributed by atoms with Crippen molar-refractivity contribution in [3.05, 3.63) is 0 Å². The van der Waals surface area contributed by atoms with E-state index >= 15 is 0 Å². The van der Waals surface area contributed by atoms with E-state index in [1.807, 2.05) is 6.92 Å². The molecular weight excluding hydrogens is 132 g/mol. The molecule has 0 saturated heterocycles. The van der Waals surface area contributed by atoms with Crippen molar-refractivity contribution >= 4 is 5.91 Å². The van der Waals surface area contributed by atoms with Crippen LogP contribution in [0.2, 0.25) is 0 Å². The van der Waals surface area contributed by atoms with Gasteiger partial charge in [0.1, 0.15) is 6.61 Å². The molecule has 4 heteroatoms. The van der Waals surface area contributed by atoms with Gasteiger partial charge >= 0.3 is 0 Å². The molecule has 0 bridgehead atoms. The number of carbonyl (C=O) groups is 1. The van der Waals surface area contributed by atoms with Gasteiger partial charge in [-0.3, -0.25) is 4.79 Å². The van der Waals surface area contributed by atoms with Crippen LogP contribution in [-0.4, -0.2) is 32.2 Å². The first-order valence-electron chi connectivity index (χ1n) is 3.23. The van der Waals surface area contributed by atoms with Gasteiger partial charge in [0.15, 0.2) is 0 Å². The van der Waals surface area contributed by atoms with E-state index < -0.39 is 0 Å². The van der Waals surface area contributed by atoms with Crippen LogP contribution in [0.15, 0.2) is 0 Å². The summed E-state index contributed by atoms with van der Waals surface area (Å²) in [6, 6.07) is 0. The number of nitrogens with two attached hydrogens (primary N) is 1. The molecule has 0 heterocycles. The van der Waals surface area contributed by atoms with Crippen LogP contribution in [0.25, 0.3) is 0 Å². The lowest BCUT2D eigenvalue weighted by Gasteiger charge is -2.08. The number of hydrogen-bond acceptors (Lipinski definition) is 3. The van der Waals surface area contributed by atoms with Gasteiger partial charge in [-0.1, -0.05) is 0 Å². The Morgan fingerprint density at radius 2 is 2.40 bits per heavy atom. The van der Waals surface area contributed by atoms with Crippen LogP contribution in [0.3, 0.4) is 0 Å². The van der Waals surface area contributed by atoms with Gasteiger partial charge in [-0.25, -0.2) is 0 Å². The van der Waals surface area contributed by atoms with E-state index in [1.165, 1.54) is 0 Å². The van der Waals surface area contributed by atoms with Gasteiger partial charge in [0.2, 0.25) is 5.91 Å². The molecule has 0 aliphatic carbocycles. The van der Waals surface area contributed by atoms with E-state index in [9.17, 15) is 4.79 Å². The molecular formula is C6H14N2O2. The standard InChI is InChI=1S/C6H14N2O2/c1-5(3-7)10-4-6(9)8-2/h5H,3-4,7H2,1-2H3,(H,8,9). The lowest BCUT2D eigenvalue weighted by atomic mass is 10.4. The van der Waals surface area contributed by atoms with Crippen LogP contribution >= 0.6 is 0 Å². The molecule has 4 nitrogen and oxygen atoms in total. The van der Waals surface area contributed by atoms with Crippen molar-refractivity contribution < 1.29 is 9.53 Å². The maximum absolute atomic E-state index is 10.6. The fourth-order valence-corrected chi connectivity index (χ4v) is 0.358. The smallest absolute Gasteiger partial charge is 0.245 e. The number of carbonyl (C=O) groups excluding carboxylic acids is 1. The number of likely N-dealkylation sites (N-methyl/N-ethyl adjacent to an activating group) is 1. The molecule has 1 amide bonds. The van der Waals surface area contributed by atoms with Gasteiger partial charge in [-0.15, -0.1) is 0 Å². The van der Waals surface area contributed by atoms with Gasteiger partial charge in [-0.05, 0) is 6.92 Å². The highest BCUT2D eigenvalue weighted by molar-refractivity contribution is 5.76. The Labute approximate surface area is 60.7 Å². The maximum Gasteiger partial charge on any atom is 0.245 e. The van der Waals surface area contributed by atoms with Gasteiger partial charge in [0.25, 0.3) is 0 Å². The molecule has 0 aromatic carbocycles. The molecule has 1 atom stereocenters. The Balaban J connectivity index is 3.26. The first-order valence-corrected chi connectivity index (χ1v) is 3.23. The zero-order chi connectivity index (χ0) is 7.98. The second-order valence-electron chi connectivity index (χ2n) is 2.03. The minimum atomic E-state index is -0.125. The predicted molar refractivity (Wildman–Crippen MR) is 38.5 cm³/mol. The third-order valence-corrected chi connectivity index (χ3v) is 1.11. The van der Waals surface area contributed by atoms with Crippen LogP contribution in [0.4, 0.5) is 0 Å². The summed E-state index contributed by atoms with van der Waals surface area (Å²) < 4.78 is 5.01. The molecule has 0 saturated carbocycles. The normalized spacial score (nSPS) is 12.7. The summed E-state index contributed by atoms with van der Waals surface area (Å²) in [6.07, 6.45) is -0.0442. The number of ether oxygens (including phenoxy) is 1. The molecule has 0 rings (SSSR count). The van der Waals surface area contributed by atoms with E-state index in [4.69, 9.17) is 10.5 Å². The Kier molecular flexibility index (Phi) is 4.88. The highest BCUT2D eigenvalue weighted by atomic mass is 16.5. The molecule has 0 aromatic rings. The highest BCUT2D eigenvalue weighted by Crippen LogP contribution is 1.85. The summed E-state index contributed by atoms with van der Waals surface area (Å²) in [7, 11) is 1.57. The fraction of sp³-hybridized carbons (Fsp3) is 0.833. The van der Waals surface area contributed by atoms with Gasteiger partial charge in [0.05, 0.1) is 6.10 Å². The van der Waals surface area contributed by atoms with Gasteiger partial charge in [-0.2, -0.15) is 0 Å². The average molecular weight is 146 g/mol. The summed E-state index contributed by atoms with van der Waals surface area (Å²) in [6.45, 7) is 2.36. The van der Waals surface area contributed by atoms with Crippen molar-refractivity contribution in [2.75, 3.05) is 20.2 Å². The van der Waals surface area contributed by atoms with Crippen LogP contribution < -0.4 is 11.1 Å². The second-order valence-corrected chi connectivity index (χ2v) is 2.03. The van der Waals surface area contributed by atoms with Crippen molar-refractivity contribution in [2.45, 2.75) is 13.0 Å².